The maximum atomic E-state index is 12.7. The molecule has 6 nitrogen and oxygen atoms in total. The maximum absolute atomic E-state index is 12.7. The first-order valence-electron chi connectivity index (χ1n) is 10.4. The van der Waals surface area contributed by atoms with Gasteiger partial charge in [0.05, 0.1) is 13.2 Å². The minimum Gasteiger partial charge on any atom is -0.493 e. The Morgan fingerprint density at radius 2 is 1.88 bits per heavy atom. The van der Waals surface area contributed by atoms with Crippen LogP contribution in [0.25, 0.3) is 0 Å². The summed E-state index contributed by atoms with van der Waals surface area (Å²) < 4.78 is 7.73. The Kier molecular flexibility index (Phi) is 9.57. The van der Waals surface area contributed by atoms with Gasteiger partial charge in [-0.15, -0.1) is 12.4 Å². The topological polar surface area (TPSA) is 68.2 Å². The molecule has 1 heterocycles. The molecule has 0 aliphatic carbocycles. The van der Waals surface area contributed by atoms with Crippen LogP contribution in [0.5, 0.6) is 5.75 Å². The van der Waals surface area contributed by atoms with Gasteiger partial charge in [0.15, 0.2) is 5.69 Å². The maximum Gasteiger partial charge on any atom is 0.276 e. The second-order valence-electron chi connectivity index (χ2n) is 7.97. The molecule has 3 rings (SSSR count). The summed E-state index contributed by atoms with van der Waals surface area (Å²) in [6.07, 6.45) is 0. The van der Waals surface area contributed by atoms with Crippen molar-refractivity contribution < 1.29 is 9.53 Å². The quantitative estimate of drug-likeness (QED) is 0.438. The fraction of sp³-hybridized carbons (Fsp3) is 0.333. The summed E-state index contributed by atoms with van der Waals surface area (Å²) in [5.41, 5.74) is 4.05. The summed E-state index contributed by atoms with van der Waals surface area (Å²) in [5.74, 6) is 0.948. The molecule has 0 spiro atoms. The van der Waals surface area contributed by atoms with E-state index >= 15 is 0 Å². The van der Waals surface area contributed by atoms with E-state index in [0.717, 1.165) is 34.8 Å². The highest BCUT2D eigenvalue weighted by Gasteiger charge is 2.15. The zero-order valence-electron chi connectivity index (χ0n) is 18.8. The van der Waals surface area contributed by atoms with Crippen LogP contribution in [0.15, 0.2) is 48.5 Å². The van der Waals surface area contributed by atoms with Crippen molar-refractivity contribution in [2.75, 3.05) is 19.0 Å². The monoisotopic (exact) mass is 476 g/mol. The molecule has 0 bridgehead atoms. The van der Waals surface area contributed by atoms with Gasteiger partial charge >= 0.3 is 0 Å². The highest BCUT2D eigenvalue weighted by atomic mass is 35.5. The number of ether oxygens (including phenoxy) is 1. The number of benzene rings is 2. The molecule has 0 atom stereocenters. The van der Waals surface area contributed by atoms with E-state index in [2.05, 4.69) is 29.6 Å². The first-order valence-corrected chi connectivity index (χ1v) is 10.7. The second kappa shape index (κ2) is 11.9. The number of amides is 1. The van der Waals surface area contributed by atoms with E-state index in [-0.39, 0.29) is 18.3 Å². The fourth-order valence-corrected chi connectivity index (χ4v) is 3.31. The van der Waals surface area contributed by atoms with E-state index in [1.54, 1.807) is 10.7 Å². The van der Waals surface area contributed by atoms with Crippen LogP contribution >= 0.6 is 24.0 Å². The van der Waals surface area contributed by atoms with Crippen LogP contribution in [0.1, 0.15) is 41.2 Å². The smallest absolute Gasteiger partial charge is 0.276 e. The Hall–Kier alpha value is -2.54. The average Bonchev–Trinajstić information content (AvgIpc) is 3.09. The third-order valence-corrected chi connectivity index (χ3v) is 4.96. The number of carbonyl (C=O) groups excluding carboxylic acids is 1. The lowest BCUT2D eigenvalue weighted by molar-refractivity contribution is 0.102. The molecule has 32 heavy (non-hydrogen) atoms. The van der Waals surface area contributed by atoms with Crippen LogP contribution in [0.3, 0.4) is 0 Å². The molecule has 0 fully saturated rings. The van der Waals surface area contributed by atoms with Crippen molar-refractivity contribution in [1.29, 1.82) is 0 Å². The predicted octanol–water partition coefficient (Wildman–Crippen LogP) is 5.32. The molecular formula is C24H30Cl2N4O2. The number of carbonyl (C=O) groups is 1. The predicted molar refractivity (Wildman–Crippen MR) is 132 cm³/mol. The molecule has 2 N–H and O–H groups in total. The van der Waals surface area contributed by atoms with Crippen molar-refractivity contribution in [1.82, 2.24) is 15.1 Å². The number of aromatic nitrogens is 2. The molecular weight excluding hydrogens is 447 g/mol. The molecule has 0 unspecified atom stereocenters. The van der Waals surface area contributed by atoms with E-state index < -0.39 is 0 Å². The zero-order valence-corrected chi connectivity index (χ0v) is 20.4. The van der Waals surface area contributed by atoms with Crippen molar-refractivity contribution in [3.63, 3.8) is 0 Å². The van der Waals surface area contributed by atoms with Gasteiger partial charge in [-0.1, -0.05) is 37.6 Å². The van der Waals surface area contributed by atoms with Gasteiger partial charge in [0, 0.05) is 28.5 Å². The van der Waals surface area contributed by atoms with E-state index in [1.165, 1.54) is 0 Å². The van der Waals surface area contributed by atoms with Gasteiger partial charge < -0.3 is 15.4 Å². The van der Waals surface area contributed by atoms with Gasteiger partial charge in [-0.2, -0.15) is 5.10 Å². The minimum atomic E-state index is -0.245. The lowest BCUT2D eigenvalue weighted by Gasteiger charge is -2.14. The number of hydrogen-bond acceptors (Lipinski definition) is 4. The number of rotatable bonds is 9. The molecule has 0 aliphatic rings. The Morgan fingerprint density at radius 1 is 1.16 bits per heavy atom. The van der Waals surface area contributed by atoms with Crippen molar-refractivity contribution in [2.45, 2.75) is 33.9 Å². The Bertz CT molecular complexity index is 1030. The van der Waals surface area contributed by atoms with E-state index in [4.69, 9.17) is 16.3 Å². The number of nitrogens with zero attached hydrogens (tertiary/aromatic N) is 2. The van der Waals surface area contributed by atoms with Gasteiger partial charge in [-0.25, -0.2) is 0 Å². The standard InChI is InChI=1S/C24H29ClN4O2.ClH/c1-16(2)15-31-23-10-7-20(25)12-19(23)14-29-17(3)11-22(28-29)24(30)27-21-8-5-18(6-9-21)13-26-4;/h5-12,16,26H,13-15H2,1-4H3,(H,27,30);1H. The Morgan fingerprint density at radius 3 is 2.53 bits per heavy atom. The Balaban J connectivity index is 0.00000363. The van der Waals surface area contributed by atoms with Crippen LogP contribution in [-0.4, -0.2) is 29.3 Å². The highest BCUT2D eigenvalue weighted by molar-refractivity contribution is 6.30. The van der Waals surface area contributed by atoms with Crippen molar-refractivity contribution >= 4 is 35.6 Å². The summed E-state index contributed by atoms with van der Waals surface area (Å²) in [7, 11) is 1.90. The molecule has 3 aromatic rings. The largest absolute Gasteiger partial charge is 0.493 e. The molecule has 1 aromatic heterocycles. The summed E-state index contributed by atoms with van der Waals surface area (Å²) in [6.45, 7) is 8.00. The van der Waals surface area contributed by atoms with Crippen LogP contribution in [0.2, 0.25) is 5.02 Å². The van der Waals surface area contributed by atoms with Crippen LogP contribution < -0.4 is 15.4 Å². The third kappa shape index (κ3) is 6.99. The fourth-order valence-electron chi connectivity index (χ4n) is 3.12. The summed E-state index contributed by atoms with van der Waals surface area (Å²) in [4.78, 5) is 12.7. The number of anilines is 1. The van der Waals surface area contributed by atoms with Crippen LogP contribution in [0, 0.1) is 12.8 Å². The van der Waals surface area contributed by atoms with E-state index in [0.29, 0.717) is 29.8 Å². The molecule has 0 saturated heterocycles. The van der Waals surface area contributed by atoms with Gasteiger partial charge in [-0.3, -0.25) is 9.48 Å². The third-order valence-electron chi connectivity index (χ3n) is 4.72. The zero-order chi connectivity index (χ0) is 22.4. The van der Waals surface area contributed by atoms with E-state index in [9.17, 15) is 4.79 Å². The van der Waals surface area contributed by atoms with Gasteiger partial charge in [0.25, 0.3) is 5.91 Å². The summed E-state index contributed by atoms with van der Waals surface area (Å²) >= 11 is 6.21. The second-order valence-corrected chi connectivity index (χ2v) is 8.40. The molecule has 2 aromatic carbocycles. The van der Waals surface area contributed by atoms with Gasteiger partial charge in [0.1, 0.15) is 5.75 Å². The Labute approximate surface area is 200 Å². The first kappa shape index (κ1) is 25.7. The molecule has 8 heteroatoms. The van der Waals surface area contributed by atoms with Crippen molar-refractivity contribution in [2.24, 2.45) is 5.92 Å². The summed E-state index contributed by atoms with van der Waals surface area (Å²) in [5, 5.41) is 11.2. The SMILES string of the molecule is CNCc1ccc(NC(=O)c2cc(C)n(Cc3cc(Cl)ccc3OCC(C)C)n2)cc1.Cl. The summed E-state index contributed by atoms with van der Waals surface area (Å²) in [6, 6.07) is 15.1. The van der Waals surface area contributed by atoms with E-state index in [1.807, 2.05) is 56.4 Å². The molecule has 0 saturated carbocycles. The lowest BCUT2D eigenvalue weighted by Crippen LogP contribution is -2.14. The van der Waals surface area contributed by atoms with Gasteiger partial charge in [-0.05, 0) is 61.9 Å². The van der Waals surface area contributed by atoms with Crippen molar-refractivity contribution in [3.8, 4) is 5.75 Å². The highest BCUT2D eigenvalue weighted by Crippen LogP contribution is 2.25. The lowest BCUT2D eigenvalue weighted by atomic mass is 10.2. The average molecular weight is 477 g/mol. The van der Waals surface area contributed by atoms with Crippen LogP contribution in [-0.2, 0) is 13.1 Å². The van der Waals surface area contributed by atoms with Crippen LogP contribution in [0.4, 0.5) is 5.69 Å². The normalized spacial score (nSPS) is 10.7. The molecule has 1 amide bonds. The number of halogens is 2. The van der Waals surface area contributed by atoms with Gasteiger partial charge in [0.2, 0.25) is 0 Å². The number of aryl methyl sites for hydroxylation is 1. The molecule has 0 aliphatic heterocycles. The first-order chi connectivity index (χ1) is 14.9. The molecule has 0 radical (unpaired) electrons. The molecule has 172 valence electrons. The minimum absolute atomic E-state index is 0. The number of nitrogens with one attached hydrogen (secondary N) is 2. The number of hydrogen-bond donors (Lipinski definition) is 2. The van der Waals surface area contributed by atoms with Crippen molar-refractivity contribution in [3.05, 3.63) is 76.1 Å².